The lowest BCUT2D eigenvalue weighted by Gasteiger charge is -2.13. The fourth-order valence-corrected chi connectivity index (χ4v) is 3.28. The molecule has 0 fully saturated rings. The van der Waals surface area contributed by atoms with E-state index < -0.39 is 6.10 Å². The second kappa shape index (κ2) is 15.6. The maximum absolute atomic E-state index is 9.66. The summed E-state index contributed by atoms with van der Waals surface area (Å²) in [5.41, 5.74) is 4.77. The van der Waals surface area contributed by atoms with Crippen LogP contribution in [0.1, 0.15) is 37.8 Å². The van der Waals surface area contributed by atoms with Crippen LogP contribution in [0.4, 0.5) is 11.9 Å². The van der Waals surface area contributed by atoms with Crippen molar-refractivity contribution in [1.29, 1.82) is 0 Å². The Labute approximate surface area is 221 Å². The number of carbonyl (C=O) groups excluding carboxylic acids is 2. The first-order valence-electron chi connectivity index (χ1n) is 12.0. The Balaban J connectivity index is 0.000000773. The van der Waals surface area contributed by atoms with Crippen LogP contribution in [-0.4, -0.2) is 60.2 Å². The van der Waals surface area contributed by atoms with Gasteiger partial charge in [0.05, 0.1) is 24.6 Å². The fourth-order valence-electron chi connectivity index (χ4n) is 3.28. The van der Waals surface area contributed by atoms with Gasteiger partial charge in [0.2, 0.25) is 11.9 Å². The number of pyridine rings is 1. The third-order valence-electron chi connectivity index (χ3n) is 5.09. The van der Waals surface area contributed by atoms with Gasteiger partial charge in [-0.05, 0) is 30.5 Å². The number of benzene rings is 1. The first kappa shape index (κ1) is 29.8. The van der Waals surface area contributed by atoms with Crippen LogP contribution in [0.3, 0.4) is 0 Å². The lowest BCUT2D eigenvalue weighted by molar-refractivity contribution is -0.191. The van der Waals surface area contributed by atoms with E-state index >= 15 is 0 Å². The molecule has 4 rings (SSSR count). The zero-order chi connectivity index (χ0) is 27.9. The molecule has 0 aliphatic rings. The molecular formula is C27H33N7O4. The minimum atomic E-state index is -0.890. The Morgan fingerprint density at radius 3 is 2.37 bits per heavy atom. The van der Waals surface area contributed by atoms with Crippen LogP contribution in [-0.2, 0) is 16.1 Å². The van der Waals surface area contributed by atoms with Crippen molar-refractivity contribution in [2.75, 3.05) is 23.8 Å². The number of rotatable bonds is 9. The molecule has 0 unspecified atom stereocenters. The van der Waals surface area contributed by atoms with Crippen LogP contribution in [0, 0.1) is 0 Å². The molecule has 0 spiro atoms. The topological polar surface area (TPSA) is 155 Å². The smallest absolute Gasteiger partial charge is 0.373 e. The summed E-state index contributed by atoms with van der Waals surface area (Å²) < 4.78 is 1.69. The minimum Gasteiger partial charge on any atom is -0.394 e. The largest absolute Gasteiger partial charge is 0.394 e. The molecule has 0 saturated carbocycles. The Morgan fingerprint density at radius 2 is 1.79 bits per heavy atom. The molecule has 0 radical (unpaired) electrons. The molecule has 0 saturated heterocycles. The van der Waals surface area contributed by atoms with Gasteiger partial charge in [0.1, 0.15) is 0 Å². The average Bonchev–Trinajstić information content (AvgIpc) is 3.37. The van der Waals surface area contributed by atoms with E-state index in [0.717, 1.165) is 22.4 Å². The molecule has 38 heavy (non-hydrogen) atoms. The maximum atomic E-state index is 9.66. The number of anilines is 2. The summed E-state index contributed by atoms with van der Waals surface area (Å²) in [7, 11) is 0. The Bertz CT molecular complexity index is 1300. The van der Waals surface area contributed by atoms with Crippen LogP contribution in [0.5, 0.6) is 0 Å². The Morgan fingerprint density at radius 1 is 1.11 bits per heavy atom. The van der Waals surface area contributed by atoms with Gasteiger partial charge in [-0.2, -0.15) is 29.2 Å². The summed E-state index contributed by atoms with van der Waals surface area (Å²) in [6.07, 6.45) is 4.69. The summed E-state index contributed by atoms with van der Waals surface area (Å²) in [5, 5.41) is 29.5. The summed E-state index contributed by atoms with van der Waals surface area (Å²) in [6, 6.07) is 14.0. The van der Waals surface area contributed by atoms with Gasteiger partial charge in [0.25, 0.3) is 0 Å². The van der Waals surface area contributed by atoms with Gasteiger partial charge in [-0.1, -0.05) is 50.3 Å². The van der Waals surface area contributed by atoms with Gasteiger partial charge in [-0.15, -0.1) is 6.58 Å². The van der Waals surface area contributed by atoms with Gasteiger partial charge in [0.15, 0.2) is 5.65 Å². The molecule has 0 aliphatic heterocycles. The van der Waals surface area contributed by atoms with Crippen molar-refractivity contribution in [2.45, 2.75) is 39.3 Å². The van der Waals surface area contributed by atoms with E-state index in [1.54, 1.807) is 23.0 Å². The number of hydrogen-bond acceptors (Lipinski definition) is 10. The molecule has 0 amide bonds. The number of allylic oxidation sites excluding steroid dienone is 1. The molecular weight excluding hydrogens is 486 g/mol. The first-order chi connectivity index (χ1) is 18.4. The number of aliphatic hydroxyl groups is 2. The van der Waals surface area contributed by atoms with Crippen LogP contribution < -0.4 is 10.6 Å². The molecule has 11 nitrogen and oxygen atoms in total. The van der Waals surface area contributed by atoms with Gasteiger partial charge >= 0.3 is 6.15 Å². The number of aliphatic hydroxyl groups excluding tert-OH is 2. The molecule has 1 atom stereocenters. The molecule has 4 N–H and O–H groups in total. The summed E-state index contributed by atoms with van der Waals surface area (Å²) >= 11 is 0. The van der Waals surface area contributed by atoms with Crippen molar-refractivity contribution in [2.24, 2.45) is 0 Å². The van der Waals surface area contributed by atoms with Gasteiger partial charge < -0.3 is 20.8 Å². The molecule has 1 aromatic carbocycles. The second-order valence-corrected chi connectivity index (χ2v) is 8.34. The third kappa shape index (κ3) is 8.59. The van der Waals surface area contributed by atoms with Crippen LogP contribution >= 0.6 is 0 Å². The number of fused-ring (bicyclic) bond motifs is 1. The summed E-state index contributed by atoms with van der Waals surface area (Å²) in [5.74, 6) is 1.14. The van der Waals surface area contributed by atoms with Crippen molar-refractivity contribution < 1.29 is 19.8 Å². The molecule has 0 bridgehead atoms. The molecule has 200 valence electrons. The van der Waals surface area contributed by atoms with Crippen LogP contribution in [0.25, 0.3) is 16.9 Å². The SMILES string of the molecule is C=CC.CC(C)c1cnn2c(NCc3ccc(-c4ccccn4)cc3)nc(NC[C@@H](O)CO)nc12.O=C=O. The normalized spacial score (nSPS) is 10.9. The first-order valence-corrected chi connectivity index (χ1v) is 12.0. The fraction of sp³-hybridized carbons (Fsp3) is 0.296. The highest BCUT2D eigenvalue weighted by Crippen LogP contribution is 2.23. The number of hydrogen-bond donors (Lipinski definition) is 4. The lowest BCUT2D eigenvalue weighted by Crippen LogP contribution is -2.24. The summed E-state index contributed by atoms with van der Waals surface area (Å²) in [4.78, 5) is 29.7. The van der Waals surface area contributed by atoms with E-state index in [4.69, 9.17) is 14.7 Å². The van der Waals surface area contributed by atoms with Gasteiger partial charge in [-0.3, -0.25) is 4.98 Å². The highest BCUT2D eigenvalue weighted by Gasteiger charge is 2.15. The quantitative estimate of drug-likeness (QED) is 0.242. The van der Waals surface area contributed by atoms with Crippen molar-refractivity contribution >= 4 is 23.7 Å². The molecule has 4 aromatic rings. The van der Waals surface area contributed by atoms with Gasteiger partial charge in [0, 0.05) is 30.4 Å². The zero-order valence-corrected chi connectivity index (χ0v) is 21.7. The van der Waals surface area contributed by atoms with Crippen molar-refractivity contribution in [3.8, 4) is 11.3 Å². The van der Waals surface area contributed by atoms with E-state index in [-0.39, 0.29) is 25.2 Å². The van der Waals surface area contributed by atoms with E-state index in [2.05, 4.69) is 63.2 Å². The number of nitrogens with zero attached hydrogens (tertiary/aromatic N) is 5. The zero-order valence-electron chi connectivity index (χ0n) is 21.7. The third-order valence-corrected chi connectivity index (χ3v) is 5.09. The summed E-state index contributed by atoms with van der Waals surface area (Å²) in [6.45, 7) is 9.77. The molecule has 3 heterocycles. The van der Waals surface area contributed by atoms with E-state index in [1.807, 2.05) is 37.3 Å². The molecule has 0 aliphatic carbocycles. The van der Waals surface area contributed by atoms with Crippen LogP contribution in [0.2, 0.25) is 0 Å². The van der Waals surface area contributed by atoms with Crippen LogP contribution in [0.15, 0.2) is 67.5 Å². The monoisotopic (exact) mass is 519 g/mol. The Hall–Kier alpha value is -4.44. The van der Waals surface area contributed by atoms with E-state index in [9.17, 15) is 5.11 Å². The maximum Gasteiger partial charge on any atom is 0.373 e. The highest BCUT2D eigenvalue weighted by molar-refractivity contribution is 5.59. The van der Waals surface area contributed by atoms with Crippen molar-refractivity contribution in [1.82, 2.24) is 24.6 Å². The minimum absolute atomic E-state index is 0.145. The standard InChI is InChI=1S/C23H27N7O2.C3H6.CO2/c1-15(2)19-13-27-30-21(19)28-22(25-12-18(32)14-31)29-23(30)26-11-16-6-8-17(9-7-16)20-5-3-4-10-24-20;1-3-2;2-1-3/h3-10,13,15,18,31-32H,11-12,14H2,1-2H3,(H2,25,26,28,29);3H,1H2,2H3;/t18-;;/m1../s1. The number of aromatic nitrogens is 5. The highest BCUT2D eigenvalue weighted by atomic mass is 16.3. The predicted octanol–water partition coefficient (Wildman–Crippen LogP) is 3.30. The average molecular weight is 520 g/mol. The Kier molecular flexibility index (Phi) is 12.2. The molecule has 11 heteroatoms. The number of nitrogens with one attached hydrogen (secondary N) is 2. The van der Waals surface area contributed by atoms with E-state index in [0.29, 0.717) is 24.1 Å². The van der Waals surface area contributed by atoms with E-state index in [1.165, 1.54) is 0 Å². The second-order valence-electron chi connectivity index (χ2n) is 8.34. The lowest BCUT2D eigenvalue weighted by atomic mass is 10.1. The van der Waals surface area contributed by atoms with Crippen molar-refractivity contribution in [3.63, 3.8) is 0 Å². The van der Waals surface area contributed by atoms with Gasteiger partial charge in [-0.25, -0.2) is 0 Å². The molecule has 3 aromatic heterocycles. The van der Waals surface area contributed by atoms with Crippen molar-refractivity contribution in [3.05, 3.63) is 78.6 Å². The predicted molar refractivity (Wildman–Crippen MR) is 144 cm³/mol.